The fourth-order valence-corrected chi connectivity index (χ4v) is 11.4. The second kappa shape index (κ2) is 9.08. The van der Waals surface area contributed by atoms with E-state index in [4.69, 9.17) is 9.84 Å². The first-order valence-electron chi connectivity index (χ1n) is 15.4. The summed E-state index contributed by atoms with van der Waals surface area (Å²) >= 11 is 0. The number of hydrogen-bond donors (Lipinski definition) is 2. The van der Waals surface area contributed by atoms with Gasteiger partial charge in [-0.25, -0.2) is 0 Å². The van der Waals surface area contributed by atoms with Crippen molar-refractivity contribution in [3.8, 4) is 0 Å². The summed E-state index contributed by atoms with van der Waals surface area (Å²) < 4.78 is 5.81. The lowest BCUT2D eigenvalue weighted by Gasteiger charge is -2.71. The molecule has 0 aromatic heterocycles. The summed E-state index contributed by atoms with van der Waals surface area (Å²) in [7, 11) is 0. The Morgan fingerprint density at radius 3 is 2.23 bits per heavy atom. The maximum atomic E-state index is 12.9. The van der Waals surface area contributed by atoms with Gasteiger partial charge in [0.05, 0.1) is 5.41 Å². The quantitative estimate of drug-likeness (QED) is 0.223. The van der Waals surface area contributed by atoms with Crippen LogP contribution in [-0.2, 0) is 19.1 Å². The van der Waals surface area contributed by atoms with Crippen molar-refractivity contribution in [3.05, 3.63) is 11.6 Å². The minimum absolute atomic E-state index is 0.0201. The molecule has 218 valence electrons. The number of rotatable bonds is 4. The molecule has 0 aromatic rings. The number of aliphatic carboxylic acids is 2. The number of esters is 1. The van der Waals surface area contributed by atoms with Crippen LogP contribution in [-0.4, -0.2) is 34.2 Å². The summed E-state index contributed by atoms with van der Waals surface area (Å²) in [4.78, 5) is 36.3. The van der Waals surface area contributed by atoms with Gasteiger partial charge in [0, 0.05) is 5.41 Å². The van der Waals surface area contributed by atoms with E-state index in [1.165, 1.54) is 5.57 Å². The molecule has 0 heterocycles. The van der Waals surface area contributed by atoms with Crippen LogP contribution < -0.4 is 0 Å². The van der Waals surface area contributed by atoms with Gasteiger partial charge in [0.2, 0.25) is 0 Å². The Balaban J connectivity index is 1.50. The van der Waals surface area contributed by atoms with E-state index in [-0.39, 0.29) is 33.7 Å². The van der Waals surface area contributed by atoms with Crippen molar-refractivity contribution in [2.24, 2.45) is 56.7 Å². The molecular weight excluding hydrogens is 492 g/mol. The van der Waals surface area contributed by atoms with Crippen molar-refractivity contribution in [2.75, 3.05) is 0 Å². The normalized spacial score (nSPS) is 48.3. The summed E-state index contributed by atoms with van der Waals surface area (Å²) in [5.74, 6) is -0.522. The molecule has 0 aromatic carbocycles. The van der Waals surface area contributed by atoms with E-state index in [0.29, 0.717) is 23.7 Å². The summed E-state index contributed by atoms with van der Waals surface area (Å²) in [5, 5.41) is 19.7. The summed E-state index contributed by atoms with van der Waals surface area (Å²) in [5.41, 5.74) is 0.716. The second-order valence-corrected chi connectivity index (χ2v) is 15.5. The molecule has 0 bridgehead atoms. The number of carboxylic acid groups (broad SMARTS) is 2. The standard InChI is InChI=1S/C33H50O6/c1-19-10-15-33(28(37)38)17-16-31(6)21(27(33)20(19)2)8-9-23-30(5)13-12-24(39-26(36)18-25(34)35)29(3,4)22(30)11-14-32(23,31)7/h8,19-20,22-24,27H,9-18H2,1-7H3,(H,34,35)(H,37,38). The predicted octanol–water partition coefficient (Wildman–Crippen LogP) is 7.12. The Kier molecular flexibility index (Phi) is 6.67. The summed E-state index contributed by atoms with van der Waals surface area (Å²) in [6, 6.07) is 0. The van der Waals surface area contributed by atoms with Gasteiger partial charge < -0.3 is 14.9 Å². The highest BCUT2D eigenvalue weighted by Gasteiger charge is 2.69. The third kappa shape index (κ3) is 3.81. The minimum Gasteiger partial charge on any atom is -0.481 e. The zero-order valence-electron chi connectivity index (χ0n) is 25.1. The van der Waals surface area contributed by atoms with E-state index in [0.717, 1.165) is 57.8 Å². The van der Waals surface area contributed by atoms with Crippen molar-refractivity contribution < 1.29 is 29.3 Å². The number of fused-ring (bicyclic) bond motifs is 7. The topological polar surface area (TPSA) is 101 Å². The van der Waals surface area contributed by atoms with Crippen LogP contribution in [0.1, 0.15) is 113 Å². The number of carboxylic acids is 2. The molecule has 0 amide bonds. The van der Waals surface area contributed by atoms with Crippen LogP contribution in [0.5, 0.6) is 0 Å². The highest BCUT2D eigenvalue weighted by atomic mass is 16.5. The Bertz CT molecular complexity index is 1090. The zero-order valence-corrected chi connectivity index (χ0v) is 25.1. The second-order valence-electron chi connectivity index (χ2n) is 15.5. The lowest BCUT2D eigenvalue weighted by molar-refractivity contribution is -0.214. The van der Waals surface area contributed by atoms with Crippen LogP contribution in [0.3, 0.4) is 0 Å². The molecule has 10 atom stereocenters. The molecule has 0 saturated heterocycles. The van der Waals surface area contributed by atoms with Crippen LogP contribution in [0.15, 0.2) is 11.6 Å². The van der Waals surface area contributed by atoms with Gasteiger partial charge in [0.25, 0.3) is 0 Å². The van der Waals surface area contributed by atoms with Gasteiger partial charge in [0.15, 0.2) is 0 Å². The third-order valence-corrected chi connectivity index (χ3v) is 13.9. The third-order valence-electron chi connectivity index (χ3n) is 13.9. The van der Waals surface area contributed by atoms with Gasteiger partial charge >= 0.3 is 17.9 Å². The molecule has 5 aliphatic carbocycles. The number of carbonyl (C=O) groups is 3. The molecule has 39 heavy (non-hydrogen) atoms. The van der Waals surface area contributed by atoms with Crippen molar-refractivity contribution in [1.82, 2.24) is 0 Å². The van der Waals surface area contributed by atoms with E-state index in [1.54, 1.807) is 0 Å². The van der Waals surface area contributed by atoms with Gasteiger partial charge in [-0.15, -0.1) is 0 Å². The van der Waals surface area contributed by atoms with Crippen molar-refractivity contribution in [2.45, 2.75) is 119 Å². The lowest BCUT2D eigenvalue weighted by Crippen LogP contribution is -2.65. The van der Waals surface area contributed by atoms with Gasteiger partial charge in [-0.1, -0.05) is 60.1 Å². The van der Waals surface area contributed by atoms with Gasteiger partial charge in [-0.2, -0.15) is 0 Å². The van der Waals surface area contributed by atoms with E-state index in [1.807, 2.05) is 0 Å². The highest BCUT2D eigenvalue weighted by molar-refractivity contribution is 5.90. The predicted molar refractivity (Wildman–Crippen MR) is 149 cm³/mol. The first-order valence-corrected chi connectivity index (χ1v) is 15.4. The van der Waals surface area contributed by atoms with E-state index in [9.17, 15) is 19.5 Å². The lowest BCUT2D eigenvalue weighted by atomic mass is 9.33. The summed E-state index contributed by atoms with van der Waals surface area (Å²) in [6.07, 6.45) is 9.99. The van der Waals surface area contributed by atoms with Crippen LogP contribution in [0.4, 0.5) is 0 Å². The SMILES string of the molecule is CC1CCC2(C(=O)O)CCC3(C)C(=CCC4C5(C)CCC(OC(=O)CC(=O)O)C(C)(C)C5CCC43C)C2C1C. The van der Waals surface area contributed by atoms with Crippen molar-refractivity contribution >= 4 is 17.9 Å². The number of ether oxygens (including phenoxy) is 1. The smallest absolute Gasteiger partial charge is 0.317 e. The Morgan fingerprint density at radius 1 is 0.897 bits per heavy atom. The molecule has 0 aliphatic heterocycles. The maximum Gasteiger partial charge on any atom is 0.317 e. The molecule has 2 N–H and O–H groups in total. The Hall–Kier alpha value is -1.85. The maximum absolute atomic E-state index is 12.9. The minimum atomic E-state index is -1.15. The molecule has 10 unspecified atom stereocenters. The first kappa shape index (κ1) is 28.7. The molecule has 6 nitrogen and oxygen atoms in total. The summed E-state index contributed by atoms with van der Waals surface area (Å²) in [6.45, 7) is 16.5. The highest BCUT2D eigenvalue weighted by Crippen LogP contribution is 2.75. The van der Waals surface area contributed by atoms with Crippen LogP contribution in [0.2, 0.25) is 0 Å². The molecule has 4 fully saturated rings. The van der Waals surface area contributed by atoms with Crippen LogP contribution >= 0.6 is 0 Å². The molecule has 5 aliphatic rings. The number of hydrogen-bond acceptors (Lipinski definition) is 4. The van der Waals surface area contributed by atoms with Gasteiger partial charge in [-0.05, 0) is 104 Å². The molecule has 0 radical (unpaired) electrons. The van der Waals surface area contributed by atoms with Gasteiger partial charge in [0.1, 0.15) is 12.5 Å². The molecular formula is C33H50O6. The average Bonchev–Trinajstić information content (AvgIpc) is 2.83. The molecule has 5 rings (SSSR count). The number of allylic oxidation sites excluding steroid dienone is 2. The number of carbonyl (C=O) groups excluding carboxylic acids is 1. The van der Waals surface area contributed by atoms with Crippen LogP contribution in [0.25, 0.3) is 0 Å². The van der Waals surface area contributed by atoms with E-state index >= 15 is 0 Å². The van der Waals surface area contributed by atoms with Crippen molar-refractivity contribution in [3.63, 3.8) is 0 Å². The van der Waals surface area contributed by atoms with E-state index < -0.39 is 29.7 Å². The van der Waals surface area contributed by atoms with Crippen molar-refractivity contribution in [1.29, 1.82) is 0 Å². The fourth-order valence-electron chi connectivity index (χ4n) is 11.4. The molecule has 4 saturated carbocycles. The molecule has 6 heteroatoms. The zero-order chi connectivity index (χ0) is 28.8. The fraction of sp³-hybridized carbons (Fsp3) is 0.848. The average molecular weight is 543 g/mol. The largest absolute Gasteiger partial charge is 0.481 e. The van der Waals surface area contributed by atoms with Gasteiger partial charge in [-0.3, -0.25) is 14.4 Å². The van der Waals surface area contributed by atoms with Crippen LogP contribution in [0, 0.1) is 56.7 Å². The first-order chi connectivity index (χ1) is 18.0. The molecule has 0 spiro atoms. The Labute approximate surface area is 234 Å². The monoisotopic (exact) mass is 542 g/mol. The van der Waals surface area contributed by atoms with E-state index in [2.05, 4.69) is 54.5 Å². The Morgan fingerprint density at radius 2 is 1.59 bits per heavy atom.